The summed E-state index contributed by atoms with van der Waals surface area (Å²) in [6.07, 6.45) is 0.147. The molecule has 1 aliphatic heterocycles. The Morgan fingerprint density at radius 2 is 1.58 bits per heavy atom. The minimum absolute atomic E-state index is 0.0116. The van der Waals surface area contributed by atoms with Gasteiger partial charge in [-0.05, 0) is 35.4 Å². The number of rotatable bonds is 8. The molecule has 3 amide bonds. The average Bonchev–Trinajstić information content (AvgIpc) is 3.08. The molecular formula is C26H24FN3O5S. The van der Waals surface area contributed by atoms with Crippen molar-refractivity contribution in [2.45, 2.75) is 23.9 Å². The molecule has 1 N–H and O–H groups in total. The van der Waals surface area contributed by atoms with Crippen LogP contribution >= 0.6 is 0 Å². The second-order valence-corrected chi connectivity index (χ2v) is 10.1. The summed E-state index contributed by atoms with van der Waals surface area (Å²) < 4.78 is 40.0. The van der Waals surface area contributed by atoms with E-state index >= 15 is 0 Å². The molecule has 0 fully saturated rings. The molecule has 0 saturated carbocycles. The maximum Gasteiger partial charge on any atom is 0.269 e. The van der Waals surface area contributed by atoms with Crippen LogP contribution in [0.25, 0.3) is 0 Å². The van der Waals surface area contributed by atoms with Gasteiger partial charge in [0.1, 0.15) is 23.3 Å². The van der Waals surface area contributed by atoms with Gasteiger partial charge in [-0.25, -0.2) is 17.1 Å². The summed E-state index contributed by atoms with van der Waals surface area (Å²) in [5.74, 6) is -2.47. The van der Waals surface area contributed by atoms with Crippen molar-refractivity contribution in [3.63, 3.8) is 0 Å². The van der Waals surface area contributed by atoms with E-state index in [1.807, 2.05) is 18.2 Å². The predicted molar refractivity (Wildman–Crippen MR) is 130 cm³/mol. The van der Waals surface area contributed by atoms with Gasteiger partial charge in [0, 0.05) is 20.0 Å². The monoisotopic (exact) mass is 509 g/mol. The van der Waals surface area contributed by atoms with Gasteiger partial charge in [0.2, 0.25) is 11.8 Å². The number of hydrogen-bond acceptors (Lipinski definition) is 5. The third-order valence-corrected chi connectivity index (χ3v) is 7.76. The van der Waals surface area contributed by atoms with Gasteiger partial charge in [0.15, 0.2) is 0 Å². The summed E-state index contributed by atoms with van der Waals surface area (Å²) in [4.78, 5) is 40.5. The maximum atomic E-state index is 13.6. The van der Waals surface area contributed by atoms with Gasteiger partial charge in [-0.15, -0.1) is 0 Å². The number of fused-ring (bicyclic) bond motifs is 1. The topological polar surface area (TPSA) is 104 Å². The molecule has 186 valence electrons. The maximum absolute atomic E-state index is 13.6. The Bertz CT molecular complexity index is 1390. The molecule has 0 spiro atoms. The zero-order valence-electron chi connectivity index (χ0n) is 19.4. The molecule has 0 aliphatic carbocycles. The summed E-state index contributed by atoms with van der Waals surface area (Å²) in [5.41, 5.74) is 1.30. The number of halogens is 1. The minimum Gasteiger partial charge on any atom is -0.357 e. The Hall–Kier alpha value is -4.05. The van der Waals surface area contributed by atoms with Gasteiger partial charge >= 0.3 is 0 Å². The van der Waals surface area contributed by atoms with Crippen molar-refractivity contribution in [3.8, 4) is 0 Å². The SMILES string of the molecule is CNC(=O)C(Cc1ccccc1)N(Cc1ccc(F)cc1)C(=O)CN1C(=O)c2ccccc2S1(=O)=O. The number of likely N-dealkylation sites (N-methyl/N-ethyl adjacent to an activating group) is 1. The largest absolute Gasteiger partial charge is 0.357 e. The van der Waals surface area contributed by atoms with Crippen LogP contribution in [0.5, 0.6) is 0 Å². The third-order valence-electron chi connectivity index (χ3n) is 5.97. The van der Waals surface area contributed by atoms with Crippen LogP contribution in [0.2, 0.25) is 0 Å². The third kappa shape index (κ3) is 4.99. The first-order valence-electron chi connectivity index (χ1n) is 11.2. The minimum atomic E-state index is -4.23. The number of carbonyl (C=O) groups is 3. The number of benzene rings is 3. The lowest BCUT2D eigenvalue weighted by molar-refractivity contribution is -0.140. The number of hydrogen-bond donors (Lipinski definition) is 1. The van der Waals surface area contributed by atoms with Gasteiger partial charge in [-0.3, -0.25) is 14.4 Å². The molecule has 0 bridgehead atoms. The zero-order chi connectivity index (χ0) is 25.9. The predicted octanol–water partition coefficient (Wildman–Crippen LogP) is 2.36. The van der Waals surface area contributed by atoms with Crippen LogP contribution in [0.3, 0.4) is 0 Å². The standard InChI is InChI=1S/C26H24FN3O5S/c1-28-25(32)22(15-18-7-3-2-4-8-18)29(16-19-11-13-20(27)14-12-19)24(31)17-30-26(33)21-9-5-6-10-23(21)36(30,34)35/h2-14,22H,15-17H2,1H3,(H,28,32). The van der Waals surface area contributed by atoms with E-state index in [9.17, 15) is 27.2 Å². The molecule has 10 heteroatoms. The van der Waals surface area contributed by atoms with Crippen LogP contribution in [-0.4, -0.2) is 55.0 Å². The van der Waals surface area contributed by atoms with Crippen LogP contribution in [-0.2, 0) is 32.6 Å². The highest BCUT2D eigenvalue weighted by atomic mass is 32.2. The van der Waals surface area contributed by atoms with E-state index in [4.69, 9.17) is 0 Å². The first kappa shape index (κ1) is 25.1. The second kappa shape index (κ2) is 10.3. The summed E-state index contributed by atoms with van der Waals surface area (Å²) in [6.45, 7) is -0.877. The number of amides is 3. The first-order valence-corrected chi connectivity index (χ1v) is 12.6. The first-order chi connectivity index (χ1) is 17.2. The number of nitrogens with zero attached hydrogens (tertiary/aromatic N) is 2. The second-order valence-electron chi connectivity index (χ2n) is 8.28. The Kier molecular flexibility index (Phi) is 7.16. The van der Waals surface area contributed by atoms with Gasteiger partial charge in [0.25, 0.3) is 15.9 Å². The highest BCUT2D eigenvalue weighted by molar-refractivity contribution is 7.90. The van der Waals surface area contributed by atoms with Crippen LogP contribution in [0, 0.1) is 5.82 Å². The fraction of sp³-hybridized carbons (Fsp3) is 0.192. The van der Waals surface area contributed by atoms with Crippen molar-refractivity contribution >= 4 is 27.7 Å². The summed E-state index contributed by atoms with van der Waals surface area (Å²) >= 11 is 0. The molecule has 1 unspecified atom stereocenters. The van der Waals surface area contributed by atoms with E-state index in [1.165, 1.54) is 54.4 Å². The highest BCUT2D eigenvalue weighted by Crippen LogP contribution is 2.30. The van der Waals surface area contributed by atoms with Gasteiger partial charge in [-0.1, -0.05) is 54.6 Å². The van der Waals surface area contributed by atoms with Crippen LogP contribution in [0.4, 0.5) is 4.39 Å². The summed E-state index contributed by atoms with van der Waals surface area (Å²) in [6, 6.07) is 19.2. The van der Waals surface area contributed by atoms with E-state index in [2.05, 4.69) is 5.32 Å². The van der Waals surface area contributed by atoms with E-state index in [0.29, 0.717) is 9.87 Å². The molecule has 0 saturated heterocycles. The lowest BCUT2D eigenvalue weighted by Crippen LogP contribution is -2.52. The fourth-order valence-corrected chi connectivity index (χ4v) is 5.63. The van der Waals surface area contributed by atoms with E-state index in [1.54, 1.807) is 18.2 Å². The molecule has 1 atom stereocenters. The average molecular weight is 510 g/mol. The molecule has 36 heavy (non-hydrogen) atoms. The fourth-order valence-electron chi connectivity index (χ4n) is 4.11. The normalized spacial score (nSPS) is 14.7. The lowest BCUT2D eigenvalue weighted by Gasteiger charge is -2.32. The van der Waals surface area contributed by atoms with Crippen LogP contribution in [0.1, 0.15) is 21.5 Å². The van der Waals surface area contributed by atoms with E-state index in [-0.39, 0.29) is 23.4 Å². The van der Waals surface area contributed by atoms with Crippen molar-refractivity contribution < 1.29 is 27.2 Å². The summed E-state index contributed by atoms with van der Waals surface area (Å²) in [7, 11) is -2.79. The number of sulfonamides is 1. The van der Waals surface area contributed by atoms with Gasteiger partial charge in [-0.2, -0.15) is 0 Å². The molecule has 8 nitrogen and oxygen atoms in total. The van der Waals surface area contributed by atoms with Crippen LogP contribution < -0.4 is 5.32 Å². The molecule has 1 aliphatic rings. The van der Waals surface area contributed by atoms with Gasteiger partial charge in [0.05, 0.1) is 5.56 Å². The van der Waals surface area contributed by atoms with E-state index in [0.717, 1.165) is 5.56 Å². The molecular weight excluding hydrogens is 485 g/mol. The Balaban J connectivity index is 1.69. The van der Waals surface area contributed by atoms with Crippen molar-refractivity contribution in [1.82, 2.24) is 14.5 Å². The van der Waals surface area contributed by atoms with Gasteiger partial charge < -0.3 is 10.2 Å². The molecule has 1 heterocycles. The lowest BCUT2D eigenvalue weighted by atomic mass is 10.0. The zero-order valence-corrected chi connectivity index (χ0v) is 20.2. The smallest absolute Gasteiger partial charge is 0.269 e. The molecule has 0 radical (unpaired) electrons. The van der Waals surface area contributed by atoms with Crippen molar-refractivity contribution in [2.75, 3.05) is 13.6 Å². The molecule has 3 aromatic carbocycles. The number of carbonyl (C=O) groups excluding carboxylic acids is 3. The Morgan fingerprint density at radius 3 is 2.22 bits per heavy atom. The molecule has 3 aromatic rings. The van der Waals surface area contributed by atoms with Crippen LogP contribution in [0.15, 0.2) is 83.8 Å². The molecule has 0 aromatic heterocycles. The van der Waals surface area contributed by atoms with Crippen molar-refractivity contribution in [3.05, 3.63) is 101 Å². The highest BCUT2D eigenvalue weighted by Gasteiger charge is 2.43. The Morgan fingerprint density at radius 1 is 0.944 bits per heavy atom. The Labute approximate surface area is 208 Å². The van der Waals surface area contributed by atoms with Crippen molar-refractivity contribution in [1.29, 1.82) is 0 Å². The van der Waals surface area contributed by atoms with E-state index < -0.39 is 46.1 Å². The molecule has 4 rings (SSSR count). The van der Waals surface area contributed by atoms with Crippen molar-refractivity contribution in [2.24, 2.45) is 0 Å². The summed E-state index contributed by atoms with van der Waals surface area (Å²) in [5, 5.41) is 2.56. The number of nitrogens with one attached hydrogen (secondary N) is 1. The quantitative estimate of drug-likeness (QED) is 0.502.